The van der Waals surface area contributed by atoms with Crippen molar-refractivity contribution < 1.29 is 14.7 Å². The van der Waals surface area contributed by atoms with Crippen molar-refractivity contribution in [3.05, 3.63) is 65.2 Å². The molecule has 3 rings (SSSR count). The van der Waals surface area contributed by atoms with Crippen molar-refractivity contribution in [3.8, 4) is 5.75 Å². The summed E-state index contributed by atoms with van der Waals surface area (Å²) in [6.07, 6.45) is 2.08. The molecular weight excluding hydrogens is 278 g/mol. The SMILES string of the molecule is O=C1/C(=N\O)CCCc2cc(OCc3ccccc3)ccc21. The van der Waals surface area contributed by atoms with E-state index in [1.807, 2.05) is 36.4 Å². The second-order valence-electron chi connectivity index (χ2n) is 5.32. The monoisotopic (exact) mass is 295 g/mol. The van der Waals surface area contributed by atoms with Gasteiger partial charge in [0.2, 0.25) is 5.78 Å². The number of Topliss-reactive ketones (excluding diaryl/α,β-unsaturated/α-hetero) is 1. The molecule has 1 N–H and O–H groups in total. The fourth-order valence-corrected chi connectivity index (χ4v) is 2.64. The van der Waals surface area contributed by atoms with E-state index < -0.39 is 0 Å². The average molecular weight is 295 g/mol. The van der Waals surface area contributed by atoms with Crippen LogP contribution >= 0.6 is 0 Å². The molecule has 0 saturated carbocycles. The van der Waals surface area contributed by atoms with Crippen molar-refractivity contribution in [2.24, 2.45) is 5.16 Å². The summed E-state index contributed by atoms with van der Waals surface area (Å²) in [6.45, 7) is 0.497. The van der Waals surface area contributed by atoms with Crippen LogP contribution < -0.4 is 4.74 Å². The molecule has 0 fully saturated rings. The van der Waals surface area contributed by atoms with Crippen LogP contribution in [-0.4, -0.2) is 16.7 Å². The van der Waals surface area contributed by atoms with Crippen LogP contribution in [0.2, 0.25) is 0 Å². The van der Waals surface area contributed by atoms with E-state index in [9.17, 15) is 4.79 Å². The molecule has 0 bridgehead atoms. The van der Waals surface area contributed by atoms with Crippen LogP contribution in [0.5, 0.6) is 5.75 Å². The zero-order chi connectivity index (χ0) is 15.4. The summed E-state index contributed by atoms with van der Waals surface area (Å²) in [4.78, 5) is 12.2. The minimum atomic E-state index is -0.190. The number of hydrogen-bond acceptors (Lipinski definition) is 4. The largest absolute Gasteiger partial charge is 0.489 e. The minimum Gasteiger partial charge on any atom is -0.489 e. The number of carbonyl (C=O) groups is 1. The van der Waals surface area contributed by atoms with Crippen LogP contribution in [0.15, 0.2) is 53.7 Å². The highest BCUT2D eigenvalue weighted by molar-refractivity contribution is 6.46. The van der Waals surface area contributed by atoms with Crippen molar-refractivity contribution in [2.45, 2.75) is 25.9 Å². The van der Waals surface area contributed by atoms with Crippen LogP contribution in [-0.2, 0) is 13.0 Å². The number of nitrogens with zero attached hydrogens (tertiary/aromatic N) is 1. The van der Waals surface area contributed by atoms with Gasteiger partial charge < -0.3 is 9.94 Å². The summed E-state index contributed by atoms with van der Waals surface area (Å²) in [5.74, 6) is 0.560. The quantitative estimate of drug-likeness (QED) is 0.534. The summed E-state index contributed by atoms with van der Waals surface area (Å²) in [7, 11) is 0. The molecule has 4 nitrogen and oxygen atoms in total. The normalized spacial score (nSPS) is 16.2. The Balaban J connectivity index is 1.79. The lowest BCUT2D eigenvalue weighted by molar-refractivity contribution is 0.106. The van der Waals surface area contributed by atoms with Gasteiger partial charge in [0.1, 0.15) is 18.1 Å². The number of aryl methyl sites for hydroxylation is 1. The summed E-state index contributed by atoms with van der Waals surface area (Å²) >= 11 is 0. The number of rotatable bonds is 3. The number of carbonyl (C=O) groups excluding carboxylic acids is 1. The Bertz CT molecular complexity index is 708. The van der Waals surface area contributed by atoms with Crippen molar-refractivity contribution in [2.75, 3.05) is 0 Å². The van der Waals surface area contributed by atoms with Gasteiger partial charge in [-0.05, 0) is 48.6 Å². The van der Waals surface area contributed by atoms with Gasteiger partial charge in [-0.25, -0.2) is 0 Å². The number of oxime groups is 1. The van der Waals surface area contributed by atoms with Gasteiger partial charge in [0.25, 0.3) is 0 Å². The first-order chi connectivity index (χ1) is 10.8. The molecule has 1 aliphatic rings. The number of ether oxygens (including phenoxy) is 1. The van der Waals surface area contributed by atoms with E-state index >= 15 is 0 Å². The van der Waals surface area contributed by atoms with Gasteiger partial charge in [-0.3, -0.25) is 4.79 Å². The Labute approximate surface area is 129 Å². The topological polar surface area (TPSA) is 58.9 Å². The fourth-order valence-electron chi connectivity index (χ4n) is 2.64. The van der Waals surface area contributed by atoms with E-state index in [1.54, 1.807) is 12.1 Å². The summed E-state index contributed by atoms with van der Waals surface area (Å²) in [5.41, 5.74) is 2.89. The summed E-state index contributed by atoms with van der Waals surface area (Å²) in [6, 6.07) is 15.4. The maximum absolute atomic E-state index is 12.2. The number of fused-ring (bicyclic) bond motifs is 1. The highest BCUT2D eigenvalue weighted by Crippen LogP contribution is 2.24. The molecule has 2 aromatic rings. The van der Waals surface area contributed by atoms with Gasteiger partial charge in [-0.2, -0.15) is 0 Å². The Morgan fingerprint density at radius 1 is 1.09 bits per heavy atom. The van der Waals surface area contributed by atoms with E-state index in [4.69, 9.17) is 9.94 Å². The lowest BCUT2D eigenvalue weighted by atomic mass is 10.0. The first-order valence-electron chi connectivity index (χ1n) is 7.33. The van der Waals surface area contributed by atoms with Crippen molar-refractivity contribution in [1.29, 1.82) is 0 Å². The highest BCUT2D eigenvalue weighted by atomic mass is 16.5. The molecule has 0 aromatic heterocycles. The van der Waals surface area contributed by atoms with E-state index in [0.29, 0.717) is 18.6 Å². The molecule has 0 amide bonds. The van der Waals surface area contributed by atoms with Crippen LogP contribution in [0.4, 0.5) is 0 Å². The predicted molar refractivity (Wildman–Crippen MR) is 83.7 cm³/mol. The number of ketones is 1. The molecule has 0 spiro atoms. The molecule has 22 heavy (non-hydrogen) atoms. The molecule has 2 aromatic carbocycles. The molecule has 0 unspecified atom stereocenters. The summed E-state index contributed by atoms with van der Waals surface area (Å²) in [5, 5.41) is 12.0. The average Bonchev–Trinajstić information content (AvgIpc) is 2.72. The van der Waals surface area contributed by atoms with Crippen LogP contribution in [0.25, 0.3) is 0 Å². The minimum absolute atomic E-state index is 0.190. The van der Waals surface area contributed by atoms with E-state index in [1.165, 1.54) is 0 Å². The second-order valence-corrected chi connectivity index (χ2v) is 5.32. The Morgan fingerprint density at radius 2 is 1.91 bits per heavy atom. The van der Waals surface area contributed by atoms with Crippen LogP contribution in [0.3, 0.4) is 0 Å². The van der Waals surface area contributed by atoms with Crippen molar-refractivity contribution in [1.82, 2.24) is 0 Å². The van der Waals surface area contributed by atoms with Gasteiger partial charge >= 0.3 is 0 Å². The molecule has 4 heteroatoms. The molecule has 0 heterocycles. The molecule has 0 saturated heterocycles. The zero-order valence-corrected chi connectivity index (χ0v) is 12.2. The molecule has 0 radical (unpaired) electrons. The van der Waals surface area contributed by atoms with Crippen LogP contribution in [0, 0.1) is 0 Å². The van der Waals surface area contributed by atoms with Gasteiger partial charge in [-0.1, -0.05) is 35.5 Å². The second kappa shape index (κ2) is 6.43. The smallest absolute Gasteiger partial charge is 0.210 e. The van der Waals surface area contributed by atoms with Gasteiger partial charge in [0.05, 0.1) is 0 Å². The first kappa shape index (κ1) is 14.3. The van der Waals surface area contributed by atoms with E-state index in [0.717, 1.165) is 29.7 Å². The van der Waals surface area contributed by atoms with Gasteiger partial charge in [-0.15, -0.1) is 0 Å². The third kappa shape index (κ3) is 3.01. The maximum atomic E-state index is 12.2. The molecule has 0 atom stereocenters. The van der Waals surface area contributed by atoms with Crippen molar-refractivity contribution >= 4 is 11.5 Å². The third-order valence-corrected chi connectivity index (χ3v) is 3.81. The highest BCUT2D eigenvalue weighted by Gasteiger charge is 2.22. The Morgan fingerprint density at radius 3 is 2.68 bits per heavy atom. The molecular formula is C18H17NO3. The molecule has 112 valence electrons. The molecule has 1 aliphatic carbocycles. The summed E-state index contributed by atoms with van der Waals surface area (Å²) < 4.78 is 5.80. The third-order valence-electron chi connectivity index (χ3n) is 3.81. The number of benzene rings is 2. The Kier molecular flexibility index (Phi) is 4.19. The lowest BCUT2D eigenvalue weighted by Gasteiger charge is -2.10. The van der Waals surface area contributed by atoms with Crippen LogP contribution in [0.1, 0.15) is 34.3 Å². The lowest BCUT2D eigenvalue weighted by Crippen LogP contribution is -2.13. The Hall–Kier alpha value is -2.62. The fraction of sp³-hybridized carbons (Fsp3) is 0.222. The maximum Gasteiger partial charge on any atom is 0.210 e. The van der Waals surface area contributed by atoms with Gasteiger partial charge in [0.15, 0.2) is 0 Å². The van der Waals surface area contributed by atoms with E-state index in [2.05, 4.69) is 5.16 Å². The first-order valence-corrected chi connectivity index (χ1v) is 7.33. The number of hydrogen-bond donors (Lipinski definition) is 1. The van der Waals surface area contributed by atoms with Gasteiger partial charge in [0, 0.05) is 5.56 Å². The standard InChI is InChI=1S/C18H17NO3/c20-18-16-10-9-15(22-12-13-5-2-1-3-6-13)11-14(16)7-4-8-17(18)19-21/h1-3,5-6,9-11,21H,4,7-8,12H2/b19-17-. The van der Waals surface area contributed by atoms with Crippen molar-refractivity contribution in [3.63, 3.8) is 0 Å². The predicted octanol–water partition coefficient (Wildman–Crippen LogP) is 3.61. The molecule has 0 aliphatic heterocycles. The zero-order valence-electron chi connectivity index (χ0n) is 12.2. The van der Waals surface area contributed by atoms with E-state index in [-0.39, 0.29) is 11.5 Å².